The Kier molecular flexibility index (Phi) is 1.81. The summed E-state index contributed by atoms with van der Waals surface area (Å²) in [6, 6.07) is 0. The standard InChI is InChI=1S/C9H10N4/c1-7-11-5-8(6-12-7)9-10-3-4-13(9)2/h3-6H,1-2H3. The highest BCUT2D eigenvalue weighted by atomic mass is 15.0. The smallest absolute Gasteiger partial charge is 0.142 e. The first-order chi connectivity index (χ1) is 6.27. The van der Waals surface area contributed by atoms with Crippen molar-refractivity contribution in [1.29, 1.82) is 0 Å². The van der Waals surface area contributed by atoms with E-state index in [0.29, 0.717) is 0 Å². The topological polar surface area (TPSA) is 43.6 Å². The molecule has 0 spiro atoms. The van der Waals surface area contributed by atoms with Crippen molar-refractivity contribution in [2.24, 2.45) is 7.05 Å². The van der Waals surface area contributed by atoms with Crippen molar-refractivity contribution in [3.05, 3.63) is 30.6 Å². The van der Waals surface area contributed by atoms with Crippen LogP contribution in [-0.4, -0.2) is 19.5 Å². The molecule has 0 atom stereocenters. The summed E-state index contributed by atoms with van der Waals surface area (Å²) in [6.45, 7) is 1.86. The van der Waals surface area contributed by atoms with Crippen LogP contribution < -0.4 is 0 Å². The Bertz CT molecular complexity index is 402. The van der Waals surface area contributed by atoms with E-state index in [1.165, 1.54) is 0 Å². The Balaban J connectivity index is 2.47. The van der Waals surface area contributed by atoms with Crippen molar-refractivity contribution < 1.29 is 0 Å². The van der Waals surface area contributed by atoms with Gasteiger partial charge in [-0.1, -0.05) is 0 Å². The molecular weight excluding hydrogens is 164 g/mol. The SMILES string of the molecule is Cc1ncc(-c2nccn2C)cn1. The number of rotatable bonds is 1. The molecule has 0 aliphatic carbocycles. The van der Waals surface area contributed by atoms with Crippen LogP contribution in [0.25, 0.3) is 11.4 Å². The van der Waals surface area contributed by atoms with E-state index >= 15 is 0 Å². The number of hydrogen-bond donors (Lipinski definition) is 0. The molecule has 0 N–H and O–H groups in total. The summed E-state index contributed by atoms with van der Waals surface area (Å²) >= 11 is 0. The van der Waals surface area contributed by atoms with Gasteiger partial charge in [-0.2, -0.15) is 0 Å². The van der Waals surface area contributed by atoms with Gasteiger partial charge < -0.3 is 4.57 Å². The van der Waals surface area contributed by atoms with Gasteiger partial charge in [-0.15, -0.1) is 0 Å². The van der Waals surface area contributed by atoms with Gasteiger partial charge in [-0.25, -0.2) is 15.0 Å². The third-order valence-electron chi connectivity index (χ3n) is 1.86. The van der Waals surface area contributed by atoms with Gasteiger partial charge in [0.1, 0.15) is 11.6 Å². The van der Waals surface area contributed by atoms with Crippen LogP contribution >= 0.6 is 0 Å². The van der Waals surface area contributed by atoms with Gasteiger partial charge in [0.15, 0.2) is 0 Å². The van der Waals surface area contributed by atoms with Crippen LogP contribution in [0.2, 0.25) is 0 Å². The van der Waals surface area contributed by atoms with Crippen molar-refractivity contribution in [1.82, 2.24) is 19.5 Å². The summed E-state index contributed by atoms with van der Waals surface area (Å²) in [6.07, 6.45) is 7.22. The highest BCUT2D eigenvalue weighted by molar-refractivity contribution is 5.52. The molecule has 2 heterocycles. The minimum absolute atomic E-state index is 0.776. The molecule has 0 unspecified atom stereocenters. The van der Waals surface area contributed by atoms with E-state index in [9.17, 15) is 0 Å². The first-order valence-corrected chi connectivity index (χ1v) is 4.04. The Morgan fingerprint density at radius 1 is 1.15 bits per heavy atom. The molecule has 2 aromatic heterocycles. The lowest BCUT2D eigenvalue weighted by Gasteiger charge is -2.00. The van der Waals surface area contributed by atoms with E-state index in [-0.39, 0.29) is 0 Å². The van der Waals surface area contributed by atoms with Crippen LogP contribution in [-0.2, 0) is 7.05 Å². The maximum atomic E-state index is 4.20. The molecule has 0 aliphatic heterocycles. The van der Waals surface area contributed by atoms with Crippen LogP contribution in [0, 0.1) is 6.92 Å². The Labute approximate surface area is 76.3 Å². The molecule has 0 saturated heterocycles. The summed E-state index contributed by atoms with van der Waals surface area (Å²) in [5.41, 5.74) is 0.943. The van der Waals surface area contributed by atoms with Gasteiger partial charge in [-0.05, 0) is 6.92 Å². The summed E-state index contributed by atoms with van der Waals surface area (Å²) in [5, 5.41) is 0. The van der Waals surface area contributed by atoms with Crippen molar-refractivity contribution in [2.75, 3.05) is 0 Å². The van der Waals surface area contributed by atoms with Gasteiger partial charge in [0.05, 0.1) is 5.56 Å². The van der Waals surface area contributed by atoms with E-state index < -0.39 is 0 Å². The molecule has 2 rings (SSSR count). The molecule has 13 heavy (non-hydrogen) atoms. The highest BCUT2D eigenvalue weighted by Crippen LogP contribution is 2.13. The van der Waals surface area contributed by atoms with Crippen LogP contribution in [0.15, 0.2) is 24.8 Å². The van der Waals surface area contributed by atoms with Crippen LogP contribution in [0.1, 0.15) is 5.82 Å². The minimum Gasteiger partial charge on any atom is -0.334 e. The molecule has 0 radical (unpaired) electrons. The summed E-state index contributed by atoms with van der Waals surface area (Å²) in [7, 11) is 1.95. The fourth-order valence-electron chi connectivity index (χ4n) is 1.15. The molecule has 66 valence electrons. The summed E-state index contributed by atoms with van der Waals surface area (Å²) in [4.78, 5) is 12.4. The Morgan fingerprint density at radius 3 is 2.38 bits per heavy atom. The second-order valence-electron chi connectivity index (χ2n) is 2.88. The predicted octanol–water partition coefficient (Wildman–Crippen LogP) is 1.19. The van der Waals surface area contributed by atoms with Gasteiger partial charge in [-0.3, -0.25) is 0 Å². The van der Waals surface area contributed by atoms with Crippen LogP contribution in [0.3, 0.4) is 0 Å². The maximum absolute atomic E-state index is 4.20. The summed E-state index contributed by atoms with van der Waals surface area (Å²) < 4.78 is 1.94. The largest absolute Gasteiger partial charge is 0.334 e. The van der Waals surface area contributed by atoms with E-state index in [1.54, 1.807) is 18.6 Å². The van der Waals surface area contributed by atoms with E-state index in [1.807, 2.05) is 24.7 Å². The second kappa shape index (κ2) is 2.97. The minimum atomic E-state index is 0.776. The number of imidazole rings is 1. The van der Waals surface area contributed by atoms with E-state index in [0.717, 1.165) is 17.2 Å². The molecule has 2 aromatic rings. The average molecular weight is 174 g/mol. The second-order valence-corrected chi connectivity index (χ2v) is 2.88. The predicted molar refractivity (Wildman–Crippen MR) is 49.0 cm³/mol. The number of hydrogen-bond acceptors (Lipinski definition) is 3. The van der Waals surface area contributed by atoms with Crippen molar-refractivity contribution >= 4 is 0 Å². The van der Waals surface area contributed by atoms with Crippen molar-refractivity contribution in [3.63, 3.8) is 0 Å². The zero-order valence-corrected chi connectivity index (χ0v) is 7.60. The van der Waals surface area contributed by atoms with Gasteiger partial charge in [0.25, 0.3) is 0 Å². The van der Waals surface area contributed by atoms with E-state index in [2.05, 4.69) is 15.0 Å². The monoisotopic (exact) mass is 174 g/mol. The quantitative estimate of drug-likeness (QED) is 0.652. The highest BCUT2D eigenvalue weighted by Gasteiger charge is 2.02. The van der Waals surface area contributed by atoms with Crippen LogP contribution in [0.5, 0.6) is 0 Å². The van der Waals surface area contributed by atoms with Crippen molar-refractivity contribution in [3.8, 4) is 11.4 Å². The molecule has 0 aliphatic rings. The number of aromatic nitrogens is 4. The molecule has 0 fully saturated rings. The third-order valence-corrected chi connectivity index (χ3v) is 1.86. The lowest BCUT2D eigenvalue weighted by Crippen LogP contribution is -1.94. The molecular formula is C9H10N4. The first-order valence-electron chi connectivity index (χ1n) is 4.04. The summed E-state index contributed by atoms with van der Waals surface area (Å²) in [5.74, 6) is 1.66. The molecule has 0 bridgehead atoms. The Hall–Kier alpha value is -1.71. The molecule has 0 aromatic carbocycles. The molecule has 0 saturated carbocycles. The number of nitrogens with zero attached hydrogens (tertiary/aromatic N) is 4. The van der Waals surface area contributed by atoms with Gasteiger partial charge in [0, 0.05) is 31.8 Å². The maximum Gasteiger partial charge on any atom is 0.142 e. The van der Waals surface area contributed by atoms with Crippen molar-refractivity contribution in [2.45, 2.75) is 6.92 Å². The fourth-order valence-corrected chi connectivity index (χ4v) is 1.15. The average Bonchev–Trinajstić information content (AvgIpc) is 2.53. The molecule has 4 heteroatoms. The van der Waals surface area contributed by atoms with E-state index in [4.69, 9.17) is 0 Å². The Morgan fingerprint density at radius 2 is 1.85 bits per heavy atom. The third kappa shape index (κ3) is 1.42. The van der Waals surface area contributed by atoms with Gasteiger partial charge >= 0.3 is 0 Å². The molecule has 4 nitrogen and oxygen atoms in total. The first kappa shape index (κ1) is 7.91. The zero-order valence-electron chi connectivity index (χ0n) is 7.60. The lowest BCUT2D eigenvalue weighted by atomic mass is 10.3. The fraction of sp³-hybridized carbons (Fsp3) is 0.222. The normalized spacial score (nSPS) is 10.3. The van der Waals surface area contributed by atoms with Crippen LogP contribution in [0.4, 0.5) is 0 Å². The zero-order chi connectivity index (χ0) is 9.26. The lowest BCUT2D eigenvalue weighted by molar-refractivity contribution is 0.918. The number of aryl methyl sites for hydroxylation is 2. The molecule has 0 amide bonds. The van der Waals surface area contributed by atoms with Gasteiger partial charge in [0.2, 0.25) is 0 Å².